The second kappa shape index (κ2) is 11.3. The molecule has 0 unspecified atom stereocenters. The fourth-order valence-electron chi connectivity index (χ4n) is 4.36. The summed E-state index contributed by atoms with van der Waals surface area (Å²) >= 11 is 11.7. The van der Waals surface area contributed by atoms with Crippen LogP contribution >= 0.6 is 23.2 Å². The average Bonchev–Trinajstić information content (AvgIpc) is 3.58. The number of aromatic amines is 1. The Morgan fingerprint density at radius 3 is 2.05 bits per heavy atom. The number of aryl methyl sites for hydroxylation is 2. The Hall–Kier alpha value is -3.62. The van der Waals surface area contributed by atoms with Crippen LogP contribution in [0.5, 0.6) is 5.88 Å². The molecule has 16 heteroatoms. The van der Waals surface area contributed by atoms with Gasteiger partial charge in [0.1, 0.15) is 11.4 Å². The molecule has 6 rings (SSSR count). The summed E-state index contributed by atoms with van der Waals surface area (Å²) in [7, 11) is -5.82. The van der Waals surface area contributed by atoms with Gasteiger partial charge in [-0.2, -0.15) is 26.6 Å². The van der Waals surface area contributed by atoms with Crippen LogP contribution in [-0.4, -0.2) is 43.8 Å². The zero-order valence-electron chi connectivity index (χ0n) is 20.9. The molecular weight excluding hydrogens is 608 g/mol. The molecule has 0 fully saturated rings. The predicted molar refractivity (Wildman–Crippen MR) is 143 cm³/mol. The lowest BCUT2D eigenvalue weighted by atomic mass is 10.2. The molecule has 0 saturated carbocycles. The summed E-state index contributed by atoms with van der Waals surface area (Å²) in [6.07, 6.45) is 7.09. The highest BCUT2D eigenvalue weighted by Crippen LogP contribution is 2.34. The van der Waals surface area contributed by atoms with Crippen molar-refractivity contribution in [2.45, 2.75) is 44.0 Å². The van der Waals surface area contributed by atoms with E-state index in [1.165, 1.54) is 18.3 Å². The van der Waals surface area contributed by atoms with E-state index in [0.29, 0.717) is 46.5 Å². The lowest BCUT2D eigenvalue weighted by Crippen LogP contribution is -2.29. The molecule has 0 aromatic carbocycles. The van der Waals surface area contributed by atoms with E-state index in [2.05, 4.69) is 34.1 Å². The maximum absolute atomic E-state index is 12.6. The maximum atomic E-state index is 12.6. The van der Waals surface area contributed by atoms with Crippen molar-refractivity contribution in [3.63, 3.8) is 0 Å². The number of rotatable bonds is 4. The van der Waals surface area contributed by atoms with Gasteiger partial charge in [0.05, 0.1) is 11.4 Å². The highest BCUT2D eigenvalue weighted by molar-refractivity contribution is 7.88. The molecule has 0 amide bonds. The van der Waals surface area contributed by atoms with Gasteiger partial charge in [-0.3, -0.25) is 14.8 Å². The number of aromatic nitrogens is 6. The highest BCUT2D eigenvalue weighted by atomic mass is 35.5. The molecule has 4 aromatic heterocycles. The zero-order chi connectivity index (χ0) is 29.4. The molecule has 0 saturated heterocycles. The quantitative estimate of drug-likeness (QED) is 0.248. The van der Waals surface area contributed by atoms with E-state index in [-0.39, 0.29) is 22.6 Å². The van der Waals surface area contributed by atoms with E-state index in [4.69, 9.17) is 23.2 Å². The van der Waals surface area contributed by atoms with Crippen LogP contribution < -0.4 is 9.74 Å². The first-order valence-electron chi connectivity index (χ1n) is 12.2. The number of hydrogen-bond donors (Lipinski definition) is 1. The molecule has 41 heavy (non-hydrogen) atoms. The number of fused-ring (bicyclic) bond motifs is 2. The fourth-order valence-corrected chi connectivity index (χ4v) is 5.12. The van der Waals surface area contributed by atoms with Crippen molar-refractivity contribution < 1.29 is 25.8 Å². The Morgan fingerprint density at radius 1 is 0.829 bits per heavy atom. The summed E-state index contributed by atoms with van der Waals surface area (Å²) in [5.74, 6) is -0.171. The van der Waals surface area contributed by atoms with Crippen LogP contribution in [0.2, 0.25) is 10.0 Å². The van der Waals surface area contributed by atoms with Gasteiger partial charge in [-0.25, -0.2) is 9.97 Å². The fraction of sp³-hybridized carbons (Fsp3) is 0.280. The lowest BCUT2D eigenvalue weighted by Gasteiger charge is -2.12. The van der Waals surface area contributed by atoms with E-state index in [0.717, 1.165) is 30.5 Å². The summed E-state index contributed by atoms with van der Waals surface area (Å²) in [6.45, 7) is 0. The number of H-pyrrole nitrogens is 1. The van der Waals surface area contributed by atoms with Crippen molar-refractivity contribution in [1.82, 2.24) is 29.9 Å². The van der Waals surface area contributed by atoms with Gasteiger partial charge in [-0.05, 0) is 62.8 Å². The minimum Gasteiger partial charge on any atom is -0.355 e. The number of nitrogens with one attached hydrogen (secondary N) is 1. The number of hydrogen-bond acceptors (Lipinski definition) is 9. The summed E-state index contributed by atoms with van der Waals surface area (Å²) in [5, 5.41) is 0.910. The van der Waals surface area contributed by atoms with Crippen LogP contribution in [0.4, 0.5) is 13.2 Å². The molecule has 1 N–H and O–H groups in total. The molecule has 4 heterocycles. The Labute approximate surface area is 241 Å². The van der Waals surface area contributed by atoms with E-state index >= 15 is 0 Å². The van der Waals surface area contributed by atoms with Crippen molar-refractivity contribution in [1.29, 1.82) is 0 Å². The first-order chi connectivity index (χ1) is 19.4. The second-order valence-corrected chi connectivity index (χ2v) is 11.4. The predicted octanol–water partition coefficient (Wildman–Crippen LogP) is 4.88. The molecule has 4 aromatic rings. The Morgan fingerprint density at radius 2 is 1.41 bits per heavy atom. The van der Waals surface area contributed by atoms with Crippen LogP contribution in [0.25, 0.3) is 23.0 Å². The molecule has 2 aliphatic rings. The largest absolute Gasteiger partial charge is 0.534 e. The van der Waals surface area contributed by atoms with Gasteiger partial charge in [0.15, 0.2) is 11.6 Å². The van der Waals surface area contributed by atoms with Crippen molar-refractivity contribution in [3.05, 3.63) is 79.6 Å². The second-order valence-electron chi connectivity index (χ2n) is 9.03. The van der Waals surface area contributed by atoms with Crippen molar-refractivity contribution in [2.24, 2.45) is 0 Å². The Bertz CT molecular complexity index is 1800. The van der Waals surface area contributed by atoms with Gasteiger partial charge in [-0.1, -0.05) is 23.2 Å². The number of alkyl halides is 3. The molecule has 0 spiro atoms. The summed E-state index contributed by atoms with van der Waals surface area (Å²) < 4.78 is 64.5. The van der Waals surface area contributed by atoms with Crippen molar-refractivity contribution >= 4 is 33.3 Å². The van der Waals surface area contributed by atoms with Crippen molar-refractivity contribution in [3.8, 4) is 28.9 Å². The third kappa shape index (κ3) is 6.34. The van der Waals surface area contributed by atoms with Crippen LogP contribution in [0.1, 0.15) is 35.4 Å². The third-order valence-corrected chi connectivity index (χ3v) is 7.64. The highest BCUT2D eigenvalue weighted by Gasteiger charge is 2.49. The van der Waals surface area contributed by atoms with Gasteiger partial charge in [-0.15, -0.1) is 0 Å². The summed E-state index contributed by atoms with van der Waals surface area (Å²) in [6, 6.07) is 6.31. The molecule has 214 valence electrons. The van der Waals surface area contributed by atoms with Gasteiger partial charge >= 0.3 is 15.6 Å². The minimum absolute atomic E-state index is 0.0504. The smallest absolute Gasteiger partial charge is 0.355 e. The standard InChI is InChI=1S/C13H9ClF3N3O3S.C12H10ClN3O/c14-7-4-5-18-10(6-7)11-19-9-3-1-2-8(9)12(20-11)23-24(21,22)13(15,16)17;13-7-4-5-14-10(6-7)11-15-9-3-1-2-8(9)12(17)16-11/h4-6H,1-3H2;4-6H,1-3H2,(H,15,16,17). The molecular formula is C25H19Cl2F3N6O4S. The Balaban J connectivity index is 0.000000174. The normalized spacial score (nSPS) is 14.2. The monoisotopic (exact) mass is 626 g/mol. The van der Waals surface area contributed by atoms with Crippen LogP contribution in [0.15, 0.2) is 41.5 Å². The van der Waals surface area contributed by atoms with Gasteiger partial charge in [0.2, 0.25) is 5.88 Å². The SMILES string of the molecule is O=S(=O)(Oc1nc(-c2cc(Cl)ccn2)nc2c1CCC2)C(F)(F)F.O=c1[nH]c(-c2cc(Cl)ccn2)nc2c1CCC2. The topological polar surface area (TPSA) is 141 Å². The zero-order valence-corrected chi connectivity index (χ0v) is 23.2. The van der Waals surface area contributed by atoms with Crippen LogP contribution in [0.3, 0.4) is 0 Å². The number of nitrogens with zero attached hydrogens (tertiary/aromatic N) is 5. The van der Waals surface area contributed by atoms with E-state index < -0.39 is 21.5 Å². The number of halogens is 5. The van der Waals surface area contributed by atoms with E-state index in [1.54, 1.807) is 18.3 Å². The summed E-state index contributed by atoms with van der Waals surface area (Å²) in [5.41, 5.74) is -2.39. The molecule has 0 radical (unpaired) electrons. The van der Waals surface area contributed by atoms with Gasteiger partial charge in [0.25, 0.3) is 5.56 Å². The van der Waals surface area contributed by atoms with Crippen LogP contribution in [0, 0.1) is 0 Å². The Kier molecular flexibility index (Phi) is 7.99. The molecule has 2 aliphatic carbocycles. The van der Waals surface area contributed by atoms with Gasteiger partial charge in [0, 0.05) is 33.6 Å². The number of pyridine rings is 2. The minimum atomic E-state index is -5.82. The molecule has 0 atom stereocenters. The van der Waals surface area contributed by atoms with Gasteiger partial charge < -0.3 is 9.17 Å². The van der Waals surface area contributed by atoms with Crippen LogP contribution in [-0.2, 0) is 35.8 Å². The lowest BCUT2D eigenvalue weighted by molar-refractivity contribution is -0.0501. The first-order valence-corrected chi connectivity index (χ1v) is 14.3. The summed E-state index contributed by atoms with van der Waals surface area (Å²) in [4.78, 5) is 35.2. The van der Waals surface area contributed by atoms with E-state index in [1.807, 2.05) is 0 Å². The van der Waals surface area contributed by atoms with E-state index in [9.17, 15) is 26.4 Å². The molecule has 10 nitrogen and oxygen atoms in total. The first kappa shape index (κ1) is 28.9. The molecule has 0 bridgehead atoms. The maximum Gasteiger partial charge on any atom is 0.534 e. The van der Waals surface area contributed by atoms with Crippen molar-refractivity contribution in [2.75, 3.05) is 0 Å². The average molecular weight is 627 g/mol. The molecule has 0 aliphatic heterocycles. The third-order valence-electron chi connectivity index (χ3n) is 6.22.